The first-order valence-electron chi connectivity index (χ1n) is 6.39. The molecular weight excluding hydrogens is 332 g/mol. The first kappa shape index (κ1) is 13.7. The second-order valence-electron chi connectivity index (χ2n) is 4.60. The lowest BCUT2D eigenvalue weighted by atomic mass is 10.1. The van der Waals surface area contributed by atoms with Gasteiger partial charge in [-0.3, -0.25) is 14.2 Å². The fourth-order valence-electron chi connectivity index (χ4n) is 2.15. The van der Waals surface area contributed by atoms with Crippen LogP contribution in [-0.4, -0.2) is 15.3 Å². The first-order chi connectivity index (χ1) is 10.2. The number of nitrogens with zero attached hydrogens (tertiary/aromatic N) is 2. The number of halogens is 1. The van der Waals surface area contributed by atoms with Crippen molar-refractivity contribution in [2.24, 2.45) is 0 Å². The van der Waals surface area contributed by atoms with E-state index in [1.165, 1.54) is 10.9 Å². The Balaban J connectivity index is 1.99. The van der Waals surface area contributed by atoms with Crippen molar-refractivity contribution >= 4 is 32.6 Å². The Labute approximate surface area is 129 Å². The smallest absolute Gasteiger partial charge is 0.261 e. The molecule has 2 aromatic carbocycles. The topological polar surface area (TPSA) is 52.0 Å². The molecule has 21 heavy (non-hydrogen) atoms. The van der Waals surface area contributed by atoms with Gasteiger partial charge in [-0.2, -0.15) is 0 Å². The van der Waals surface area contributed by atoms with Crippen molar-refractivity contribution in [3.63, 3.8) is 0 Å². The van der Waals surface area contributed by atoms with E-state index in [9.17, 15) is 9.59 Å². The average molecular weight is 343 g/mol. The third-order valence-electron chi connectivity index (χ3n) is 3.22. The maximum atomic E-state index is 12.3. The Bertz CT molecular complexity index is 887. The highest BCUT2D eigenvalue weighted by Crippen LogP contribution is 2.16. The molecule has 0 amide bonds. The van der Waals surface area contributed by atoms with Crippen molar-refractivity contribution in [3.05, 3.63) is 75.2 Å². The van der Waals surface area contributed by atoms with E-state index in [0.29, 0.717) is 16.5 Å². The van der Waals surface area contributed by atoms with Gasteiger partial charge in [-0.05, 0) is 18.2 Å². The highest BCUT2D eigenvalue weighted by atomic mass is 79.9. The van der Waals surface area contributed by atoms with Crippen LogP contribution in [-0.2, 0) is 6.54 Å². The molecule has 104 valence electrons. The number of Topliss-reactive ketones (excluding diaryl/α,β-unsaturated/α-hetero) is 1. The van der Waals surface area contributed by atoms with Gasteiger partial charge < -0.3 is 0 Å². The summed E-state index contributed by atoms with van der Waals surface area (Å²) < 4.78 is 2.06. The summed E-state index contributed by atoms with van der Waals surface area (Å²) in [5.41, 5.74) is 0.977. The molecule has 0 bridgehead atoms. The van der Waals surface area contributed by atoms with Gasteiger partial charge in [0.25, 0.3) is 5.56 Å². The van der Waals surface area contributed by atoms with Gasteiger partial charge in [-0.1, -0.05) is 46.3 Å². The summed E-state index contributed by atoms with van der Waals surface area (Å²) in [5.74, 6) is -0.137. The van der Waals surface area contributed by atoms with E-state index >= 15 is 0 Å². The Kier molecular flexibility index (Phi) is 3.66. The van der Waals surface area contributed by atoms with Gasteiger partial charge in [-0.15, -0.1) is 0 Å². The van der Waals surface area contributed by atoms with E-state index < -0.39 is 0 Å². The molecule has 0 radical (unpaired) electrons. The van der Waals surface area contributed by atoms with Gasteiger partial charge in [0.15, 0.2) is 5.78 Å². The molecule has 0 unspecified atom stereocenters. The van der Waals surface area contributed by atoms with Crippen LogP contribution >= 0.6 is 15.9 Å². The van der Waals surface area contributed by atoms with E-state index in [4.69, 9.17) is 0 Å². The average Bonchev–Trinajstić information content (AvgIpc) is 2.51. The molecule has 0 aliphatic rings. The lowest BCUT2D eigenvalue weighted by Crippen LogP contribution is -2.24. The van der Waals surface area contributed by atoms with Crippen molar-refractivity contribution < 1.29 is 4.79 Å². The molecule has 0 fully saturated rings. The minimum absolute atomic E-state index is 0.0285. The van der Waals surface area contributed by atoms with Crippen molar-refractivity contribution in [2.75, 3.05) is 0 Å². The number of ketones is 1. The molecule has 5 heteroatoms. The highest BCUT2D eigenvalue weighted by molar-refractivity contribution is 9.10. The molecule has 0 aliphatic carbocycles. The van der Waals surface area contributed by atoms with Gasteiger partial charge in [-0.25, -0.2) is 4.98 Å². The summed E-state index contributed by atoms with van der Waals surface area (Å²) in [5, 5.41) is 0.514. The van der Waals surface area contributed by atoms with E-state index in [0.717, 1.165) is 4.47 Å². The zero-order valence-corrected chi connectivity index (χ0v) is 12.6. The molecule has 1 aromatic heterocycles. The summed E-state index contributed by atoms with van der Waals surface area (Å²) in [6.07, 6.45) is 1.42. The van der Waals surface area contributed by atoms with Crippen LogP contribution in [0.2, 0.25) is 0 Å². The monoisotopic (exact) mass is 342 g/mol. The summed E-state index contributed by atoms with van der Waals surface area (Å²) in [4.78, 5) is 28.9. The number of benzene rings is 2. The van der Waals surface area contributed by atoms with Gasteiger partial charge in [0.05, 0.1) is 23.8 Å². The Morgan fingerprint density at radius 1 is 1.10 bits per heavy atom. The van der Waals surface area contributed by atoms with Crippen LogP contribution in [0.3, 0.4) is 0 Å². The van der Waals surface area contributed by atoms with Crippen molar-refractivity contribution in [3.8, 4) is 0 Å². The second-order valence-corrected chi connectivity index (χ2v) is 5.45. The standard InChI is InChI=1S/C16H11BrN2O2/c17-13-7-3-1-5-11(13)15(20)9-19-10-18-14-8-4-2-6-12(14)16(19)21/h1-8,10H,9H2. The number of carbonyl (C=O) groups excluding carboxylic acids is 1. The number of rotatable bonds is 3. The summed E-state index contributed by atoms with van der Waals surface area (Å²) in [6.45, 7) is -0.0285. The molecule has 0 saturated carbocycles. The molecule has 0 spiro atoms. The number of fused-ring (bicyclic) bond motifs is 1. The number of carbonyl (C=O) groups is 1. The van der Waals surface area contributed by atoms with Crippen LogP contribution < -0.4 is 5.56 Å². The molecule has 4 nitrogen and oxygen atoms in total. The fraction of sp³-hybridized carbons (Fsp3) is 0.0625. The molecule has 0 saturated heterocycles. The van der Waals surface area contributed by atoms with Crippen molar-refractivity contribution in [2.45, 2.75) is 6.54 Å². The van der Waals surface area contributed by atoms with Crippen molar-refractivity contribution in [1.29, 1.82) is 0 Å². The minimum atomic E-state index is -0.207. The zero-order valence-electron chi connectivity index (χ0n) is 11.0. The molecule has 0 atom stereocenters. The number of hydrogen-bond donors (Lipinski definition) is 0. The van der Waals surface area contributed by atoms with E-state index in [1.54, 1.807) is 36.4 Å². The Morgan fingerprint density at radius 3 is 2.62 bits per heavy atom. The maximum Gasteiger partial charge on any atom is 0.261 e. The SMILES string of the molecule is O=C(Cn1cnc2ccccc2c1=O)c1ccccc1Br. The second kappa shape index (κ2) is 5.61. The maximum absolute atomic E-state index is 12.3. The lowest BCUT2D eigenvalue weighted by Gasteiger charge is -2.07. The van der Waals surface area contributed by atoms with Crippen molar-refractivity contribution in [1.82, 2.24) is 9.55 Å². The Morgan fingerprint density at radius 2 is 1.81 bits per heavy atom. The molecule has 1 heterocycles. The van der Waals surface area contributed by atoms with E-state index in [2.05, 4.69) is 20.9 Å². The van der Waals surface area contributed by atoms with Gasteiger partial charge >= 0.3 is 0 Å². The number of hydrogen-bond acceptors (Lipinski definition) is 3. The molecule has 3 rings (SSSR count). The van der Waals surface area contributed by atoms with E-state index in [-0.39, 0.29) is 17.9 Å². The van der Waals surface area contributed by atoms with Crippen LogP contribution in [0.25, 0.3) is 10.9 Å². The largest absolute Gasteiger partial charge is 0.292 e. The first-order valence-corrected chi connectivity index (χ1v) is 7.18. The number of para-hydroxylation sites is 1. The van der Waals surface area contributed by atoms with Gasteiger partial charge in [0.1, 0.15) is 0 Å². The van der Waals surface area contributed by atoms with Crippen LogP contribution in [0.15, 0.2) is 64.1 Å². The lowest BCUT2D eigenvalue weighted by molar-refractivity contribution is 0.0970. The van der Waals surface area contributed by atoms with Crippen LogP contribution in [0.1, 0.15) is 10.4 Å². The van der Waals surface area contributed by atoms with Crippen LogP contribution in [0.4, 0.5) is 0 Å². The third kappa shape index (κ3) is 2.64. The normalized spacial score (nSPS) is 10.7. The van der Waals surface area contributed by atoms with Crippen LogP contribution in [0.5, 0.6) is 0 Å². The predicted octanol–water partition coefficient (Wildman–Crippen LogP) is 3.04. The summed E-state index contributed by atoms with van der Waals surface area (Å²) in [7, 11) is 0. The van der Waals surface area contributed by atoms with E-state index in [1.807, 2.05) is 12.1 Å². The predicted molar refractivity (Wildman–Crippen MR) is 84.5 cm³/mol. The third-order valence-corrected chi connectivity index (χ3v) is 3.91. The molecule has 3 aromatic rings. The minimum Gasteiger partial charge on any atom is -0.292 e. The summed E-state index contributed by atoms with van der Waals surface area (Å²) >= 11 is 3.34. The highest BCUT2D eigenvalue weighted by Gasteiger charge is 2.12. The quantitative estimate of drug-likeness (QED) is 0.687. The number of aromatic nitrogens is 2. The molecular formula is C16H11BrN2O2. The van der Waals surface area contributed by atoms with Crippen LogP contribution in [0, 0.1) is 0 Å². The Hall–Kier alpha value is -2.27. The van der Waals surface area contributed by atoms with Gasteiger partial charge in [0.2, 0.25) is 0 Å². The van der Waals surface area contributed by atoms with Gasteiger partial charge in [0, 0.05) is 10.0 Å². The zero-order chi connectivity index (χ0) is 14.8. The molecule has 0 N–H and O–H groups in total. The summed E-state index contributed by atoms with van der Waals surface area (Å²) in [6, 6.07) is 14.3. The fourth-order valence-corrected chi connectivity index (χ4v) is 2.65. The molecule has 0 aliphatic heterocycles.